The molecule has 2 amide bonds. The van der Waals surface area contributed by atoms with Crippen molar-refractivity contribution in [3.63, 3.8) is 0 Å². The van der Waals surface area contributed by atoms with E-state index in [2.05, 4.69) is 10.3 Å². The fourth-order valence-corrected chi connectivity index (χ4v) is 3.67. The van der Waals surface area contributed by atoms with Crippen LogP contribution in [0.25, 0.3) is 10.9 Å². The van der Waals surface area contributed by atoms with Gasteiger partial charge in [-0.05, 0) is 18.9 Å². The molecule has 1 fully saturated rings. The van der Waals surface area contributed by atoms with Crippen molar-refractivity contribution in [3.8, 4) is 0 Å². The quantitative estimate of drug-likeness (QED) is 0.227. The molecule has 1 aliphatic rings. The summed E-state index contributed by atoms with van der Waals surface area (Å²) in [4.78, 5) is 67.8. The van der Waals surface area contributed by atoms with Crippen LogP contribution in [-0.2, 0) is 35.2 Å². The number of anilines is 1. The maximum atomic E-state index is 12.9. The minimum Gasteiger partial charge on any atom is -0.461 e. The predicted molar refractivity (Wildman–Crippen MR) is 119 cm³/mol. The molecule has 2 aromatic rings. The topological polar surface area (TPSA) is 161 Å². The number of fused-ring (bicyclic) bond motifs is 1. The molecule has 12 heteroatoms. The van der Waals surface area contributed by atoms with Crippen LogP contribution in [0, 0.1) is 16.0 Å². The van der Waals surface area contributed by atoms with Gasteiger partial charge >= 0.3 is 18.0 Å². The number of esters is 1. The van der Waals surface area contributed by atoms with Crippen molar-refractivity contribution in [2.24, 2.45) is 5.92 Å². The first-order chi connectivity index (χ1) is 16.1. The van der Waals surface area contributed by atoms with Crippen molar-refractivity contribution in [1.29, 1.82) is 0 Å². The lowest BCUT2D eigenvalue weighted by molar-refractivity contribution is -0.510. The summed E-state index contributed by atoms with van der Waals surface area (Å²) in [6, 6.07) is 4.34. The molecule has 0 saturated carbocycles. The molecule has 2 N–H and O–H groups in total. The minimum atomic E-state index is -1.65. The van der Waals surface area contributed by atoms with E-state index in [4.69, 9.17) is 9.57 Å². The second-order valence-electron chi connectivity index (χ2n) is 8.14. The molecular weight excluding hydrogens is 448 g/mol. The highest BCUT2D eigenvalue weighted by atomic mass is 16.7. The zero-order valence-electron chi connectivity index (χ0n) is 19.0. The average molecular weight is 474 g/mol. The zero-order chi connectivity index (χ0) is 25.0. The van der Waals surface area contributed by atoms with Gasteiger partial charge in [0.2, 0.25) is 0 Å². The molecule has 1 aliphatic heterocycles. The lowest BCUT2D eigenvalue weighted by Gasteiger charge is -2.23. The molecule has 2 atom stereocenters. The molecule has 3 rings (SSSR count). The van der Waals surface area contributed by atoms with Gasteiger partial charge in [0.1, 0.15) is 11.9 Å². The van der Waals surface area contributed by atoms with Gasteiger partial charge < -0.3 is 19.9 Å². The first kappa shape index (κ1) is 24.7. The highest BCUT2D eigenvalue weighted by molar-refractivity contribution is 6.02. The number of nitro groups is 1. The molecule has 0 bridgehead atoms. The Morgan fingerprint density at radius 3 is 2.41 bits per heavy atom. The van der Waals surface area contributed by atoms with Crippen LogP contribution in [0.1, 0.15) is 39.2 Å². The van der Waals surface area contributed by atoms with E-state index in [1.165, 1.54) is 0 Å². The molecule has 34 heavy (non-hydrogen) atoms. The standard InChI is InChI=1S/C22H26N4O8/c1-4-33-21(29)16(26(31)32)11-14-13-7-5-6-8-15(13)23-20(14)24-19(12(2)3)22(30)34-25-17(27)9-10-18(25)28/h5-8,12,16,19,23-24H,4,9-11H2,1-3H3/t16?,19-/m0/s1. The number of imide groups is 1. The average Bonchev–Trinajstić information content (AvgIpc) is 3.29. The lowest BCUT2D eigenvalue weighted by Crippen LogP contribution is -2.42. The number of aromatic amines is 1. The van der Waals surface area contributed by atoms with Gasteiger partial charge in [0.15, 0.2) is 0 Å². The van der Waals surface area contributed by atoms with E-state index in [1.807, 2.05) is 0 Å². The first-order valence-corrected chi connectivity index (χ1v) is 10.9. The van der Waals surface area contributed by atoms with E-state index in [-0.39, 0.29) is 37.6 Å². The number of hydroxylamine groups is 2. The van der Waals surface area contributed by atoms with Crippen LogP contribution >= 0.6 is 0 Å². The molecule has 2 heterocycles. The largest absolute Gasteiger partial charge is 0.461 e. The number of aromatic nitrogens is 1. The van der Waals surface area contributed by atoms with Crippen LogP contribution in [0.2, 0.25) is 0 Å². The number of rotatable bonds is 10. The Hall–Kier alpha value is -3.96. The summed E-state index contributed by atoms with van der Waals surface area (Å²) in [5.41, 5.74) is 1.05. The number of benzene rings is 1. The summed E-state index contributed by atoms with van der Waals surface area (Å²) in [5.74, 6) is -3.09. The van der Waals surface area contributed by atoms with Gasteiger partial charge in [0, 0.05) is 34.2 Å². The first-order valence-electron chi connectivity index (χ1n) is 10.9. The molecule has 1 saturated heterocycles. The Balaban J connectivity index is 1.93. The highest BCUT2D eigenvalue weighted by Crippen LogP contribution is 2.30. The molecule has 12 nitrogen and oxygen atoms in total. The summed E-state index contributed by atoms with van der Waals surface area (Å²) in [7, 11) is 0. The van der Waals surface area contributed by atoms with Crippen LogP contribution in [-0.4, -0.2) is 57.4 Å². The molecule has 1 aromatic heterocycles. The number of hydrogen-bond acceptors (Lipinski definition) is 9. The summed E-state index contributed by atoms with van der Waals surface area (Å²) >= 11 is 0. The number of nitrogens with zero attached hydrogens (tertiary/aromatic N) is 2. The molecule has 0 spiro atoms. The van der Waals surface area contributed by atoms with Gasteiger partial charge in [-0.1, -0.05) is 32.0 Å². The van der Waals surface area contributed by atoms with Gasteiger partial charge in [-0.15, -0.1) is 5.06 Å². The predicted octanol–water partition coefficient (Wildman–Crippen LogP) is 1.96. The van der Waals surface area contributed by atoms with E-state index in [1.54, 1.807) is 45.0 Å². The van der Waals surface area contributed by atoms with Gasteiger partial charge in [-0.25, -0.2) is 9.59 Å². The molecule has 182 valence electrons. The molecular formula is C22H26N4O8. The van der Waals surface area contributed by atoms with Crippen LogP contribution in [0.3, 0.4) is 0 Å². The van der Waals surface area contributed by atoms with Gasteiger partial charge in [0.25, 0.3) is 11.8 Å². The SMILES string of the molecule is CCOC(=O)C(Cc1c(N[C@H](C(=O)ON2C(=O)CCC2=O)C(C)C)[nH]c2ccccc12)[N+](=O)[O-]. The van der Waals surface area contributed by atoms with Crippen molar-refractivity contribution in [3.05, 3.63) is 39.9 Å². The molecule has 1 unspecified atom stereocenters. The Bertz CT molecular complexity index is 1110. The van der Waals surface area contributed by atoms with Crippen LogP contribution in [0.15, 0.2) is 24.3 Å². The van der Waals surface area contributed by atoms with Crippen molar-refractivity contribution in [2.75, 3.05) is 11.9 Å². The summed E-state index contributed by atoms with van der Waals surface area (Å²) in [6.45, 7) is 5.01. The number of H-pyrrole nitrogens is 1. The van der Waals surface area contributed by atoms with E-state index < -0.39 is 40.8 Å². The lowest BCUT2D eigenvalue weighted by atomic mass is 10.0. The van der Waals surface area contributed by atoms with Crippen LogP contribution in [0.5, 0.6) is 0 Å². The van der Waals surface area contributed by atoms with E-state index >= 15 is 0 Å². The maximum absolute atomic E-state index is 12.9. The Morgan fingerprint density at radius 2 is 1.82 bits per heavy atom. The number of ether oxygens (including phenoxy) is 1. The third-order valence-electron chi connectivity index (χ3n) is 5.43. The second-order valence-corrected chi connectivity index (χ2v) is 8.14. The summed E-state index contributed by atoms with van der Waals surface area (Å²) < 4.78 is 4.86. The highest BCUT2D eigenvalue weighted by Gasteiger charge is 2.37. The Morgan fingerprint density at radius 1 is 1.18 bits per heavy atom. The summed E-state index contributed by atoms with van der Waals surface area (Å²) in [5, 5.41) is 15.7. The Labute approximate surface area is 194 Å². The maximum Gasteiger partial charge on any atom is 0.382 e. The normalized spacial score (nSPS) is 15.5. The monoisotopic (exact) mass is 474 g/mol. The molecule has 0 radical (unpaired) electrons. The number of nitrogens with one attached hydrogen (secondary N) is 2. The van der Waals surface area contributed by atoms with E-state index in [9.17, 15) is 29.3 Å². The van der Waals surface area contributed by atoms with Gasteiger partial charge in [-0.3, -0.25) is 19.7 Å². The van der Waals surface area contributed by atoms with Crippen molar-refractivity contribution >= 4 is 40.5 Å². The Kier molecular flexibility index (Phi) is 7.49. The van der Waals surface area contributed by atoms with Gasteiger partial charge in [-0.2, -0.15) is 0 Å². The number of hydrogen-bond donors (Lipinski definition) is 2. The van der Waals surface area contributed by atoms with Crippen molar-refractivity contribution in [1.82, 2.24) is 10.0 Å². The minimum absolute atomic E-state index is 0.00261. The van der Waals surface area contributed by atoms with Crippen molar-refractivity contribution < 1.29 is 33.7 Å². The summed E-state index contributed by atoms with van der Waals surface area (Å²) in [6.07, 6.45) is -0.358. The van der Waals surface area contributed by atoms with Crippen LogP contribution in [0.4, 0.5) is 5.82 Å². The fourth-order valence-electron chi connectivity index (χ4n) is 3.67. The fraction of sp³-hybridized carbons (Fsp3) is 0.455. The third kappa shape index (κ3) is 5.16. The second kappa shape index (κ2) is 10.3. The van der Waals surface area contributed by atoms with Crippen LogP contribution < -0.4 is 5.32 Å². The van der Waals surface area contributed by atoms with E-state index in [0.717, 1.165) is 0 Å². The van der Waals surface area contributed by atoms with E-state index in [0.29, 0.717) is 21.5 Å². The van der Waals surface area contributed by atoms with Crippen molar-refractivity contribution in [2.45, 2.75) is 52.1 Å². The number of carbonyl (C=O) groups is 4. The number of amides is 2. The smallest absolute Gasteiger partial charge is 0.382 e. The number of carbonyl (C=O) groups excluding carboxylic acids is 4. The van der Waals surface area contributed by atoms with Gasteiger partial charge in [0.05, 0.1) is 13.0 Å². The third-order valence-corrected chi connectivity index (χ3v) is 5.43. The number of para-hydroxylation sites is 1. The molecule has 0 aliphatic carbocycles. The molecule has 1 aromatic carbocycles. The zero-order valence-corrected chi connectivity index (χ0v) is 19.0.